The van der Waals surface area contributed by atoms with E-state index < -0.39 is 8.07 Å². The molecule has 1 fully saturated rings. The van der Waals surface area contributed by atoms with Crippen LogP contribution in [0.5, 0.6) is 0 Å². The number of hydrogen-bond acceptors (Lipinski definition) is 1. The van der Waals surface area contributed by atoms with Crippen LogP contribution in [-0.4, -0.2) is 14.6 Å². The maximum atomic E-state index is 5.03. The standard InChI is InChI=1S/C8H18Si.C3H9N.ClH/c1-8-6-4-5-7-9(8,2)3;1-2-3-4;/h8H,4-7H2,1-3H3;2-4H2,1H3;1H. The van der Waals surface area contributed by atoms with Crippen molar-refractivity contribution < 1.29 is 0 Å². The van der Waals surface area contributed by atoms with Crippen molar-refractivity contribution in [3.8, 4) is 0 Å². The largest absolute Gasteiger partial charge is 0.330 e. The first-order valence-electron chi connectivity index (χ1n) is 5.74. The molecule has 1 aliphatic heterocycles. The Morgan fingerprint density at radius 2 is 1.79 bits per heavy atom. The highest BCUT2D eigenvalue weighted by molar-refractivity contribution is 6.78. The predicted octanol–water partition coefficient (Wildman–Crippen LogP) is 4.05. The van der Waals surface area contributed by atoms with Crippen molar-refractivity contribution in [3.63, 3.8) is 0 Å². The van der Waals surface area contributed by atoms with Gasteiger partial charge in [-0.1, -0.05) is 52.2 Å². The minimum atomic E-state index is -0.694. The molecule has 0 aromatic rings. The van der Waals surface area contributed by atoms with Gasteiger partial charge in [0.1, 0.15) is 0 Å². The van der Waals surface area contributed by atoms with Crippen LogP contribution in [0.3, 0.4) is 0 Å². The van der Waals surface area contributed by atoms with Gasteiger partial charge in [-0.25, -0.2) is 0 Å². The second-order valence-corrected chi connectivity index (χ2v) is 10.4. The molecule has 1 atom stereocenters. The molecule has 0 saturated carbocycles. The Labute approximate surface area is 97.3 Å². The van der Waals surface area contributed by atoms with Crippen molar-refractivity contribution in [1.29, 1.82) is 0 Å². The van der Waals surface area contributed by atoms with E-state index in [4.69, 9.17) is 5.73 Å². The lowest BCUT2D eigenvalue weighted by atomic mass is 10.2. The summed E-state index contributed by atoms with van der Waals surface area (Å²) in [6.07, 6.45) is 5.63. The molecule has 14 heavy (non-hydrogen) atoms. The van der Waals surface area contributed by atoms with Crippen molar-refractivity contribution in [2.24, 2.45) is 5.73 Å². The molecule has 1 rings (SSSR count). The molecule has 88 valence electrons. The third-order valence-electron chi connectivity index (χ3n) is 3.33. The molecule has 1 saturated heterocycles. The smallest absolute Gasteiger partial charge is 0.0502 e. The Hall–Kier alpha value is 0.467. The molecule has 1 unspecified atom stereocenters. The quantitative estimate of drug-likeness (QED) is 0.685. The molecule has 0 bridgehead atoms. The van der Waals surface area contributed by atoms with E-state index >= 15 is 0 Å². The molecule has 3 heteroatoms. The third-order valence-corrected chi connectivity index (χ3v) is 7.93. The van der Waals surface area contributed by atoms with Gasteiger partial charge in [0, 0.05) is 0 Å². The van der Waals surface area contributed by atoms with Gasteiger partial charge in [-0.05, 0) is 18.5 Å². The zero-order chi connectivity index (χ0) is 10.3. The molecule has 0 aromatic heterocycles. The average molecular weight is 238 g/mol. The maximum Gasteiger partial charge on any atom is 0.0502 e. The van der Waals surface area contributed by atoms with Crippen LogP contribution in [0.25, 0.3) is 0 Å². The summed E-state index contributed by atoms with van der Waals surface area (Å²) < 4.78 is 0. The van der Waals surface area contributed by atoms with Gasteiger partial charge >= 0.3 is 0 Å². The molecule has 1 nitrogen and oxygen atoms in total. The Bertz CT molecular complexity index is 126. The minimum Gasteiger partial charge on any atom is -0.330 e. The first-order chi connectivity index (χ1) is 6.04. The molecule has 0 amide bonds. The van der Waals surface area contributed by atoms with E-state index in [2.05, 4.69) is 26.9 Å². The summed E-state index contributed by atoms with van der Waals surface area (Å²) in [5.41, 5.74) is 6.12. The van der Waals surface area contributed by atoms with E-state index in [-0.39, 0.29) is 12.4 Å². The van der Waals surface area contributed by atoms with Crippen molar-refractivity contribution in [2.45, 2.75) is 64.2 Å². The fraction of sp³-hybridized carbons (Fsp3) is 1.00. The van der Waals surface area contributed by atoms with Crippen LogP contribution < -0.4 is 5.73 Å². The Kier molecular flexibility index (Phi) is 10.5. The Morgan fingerprint density at radius 3 is 2.00 bits per heavy atom. The fourth-order valence-electron chi connectivity index (χ4n) is 1.67. The number of rotatable bonds is 1. The number of halogens is 1. The van der Waals surface area contributed by atoms with Crippen LogP contribution in [0, 0.1) is 0 Å². The molecule has 0 aliphatic carbocycles. The molecule has 0 aromatic carbocycles. The number of hydrogen-bond donors (Lipinski definition) is 1. The van der Waals surface area contributed by atoms with Gasteiger partial charge in [0.15, 0.2) is 0 Å². The summed E-state index contributed by atoms with van der Waals surface area (Å²) in [6.45, 7) is 10.4. The first kappa shape index (κ1) is 16.9. The number of nitrogens with two attached hydrogens (primary N) is 1. The summed E-state index contributed by atoms with van der Waals surface area (Å²) in [5.74, 6) is 0. The summed E-state index contributed by atoms with van der Waals surface area (Å²) in [7, 11) is -0.694. The van der Waals surface area contributed by atoms with Gasteiger partial charge in [0.05, 0.1) is 8.07 Å². The van der Waals surface area contributed by atoms with Gasteiger partial charge in [-0.15, -0.1) is 12.4 Å². The second-order valence-electron chi connectivity index (χ2n) is 4.92. The van der Waals surface area contributed by atoms with Gasteiger partial charge in [-0.2, -0.15) is 0 Å². The van der Waals surface area contributed by atoms with Crippen LogP contribution in [0.2, 0.25) is 24.7 Å². The van der Waals surface area contributed by atoms with Crippen LogP contribution in [0.4, 0.5) is 0 Å². The van der Waals surface area contributed by atoms with E-state index in [1.165, 1.54) is 19.3 Å². The molecule has 0 spiro atoms. The zero-order valence-corrected chi connectivity index (χ0v) is 12.1. The molecular weight excluding hydrogens is 210 g/mol. The molecule has 0 radical (unpaired) electrons. The second kappa shape index (κ2) is 8.75. The summed E-state index contributed by atoms with van der Waals surface area (Å²) in [6, 6.07) is 1.58. The van der Waals surface area contributed by atoms with E-state index in [0.29, 0.717) is 0 Å². The molecule has 2 N–H and O–H groups in total. The normalized spacial score (nSPS) is 24.2. The summed E-state index contributed by atoms with van der Waals surface area (Å²) >= 11 is 0. The lowest BCUT2D eigenvalue weighted by molar-refractivity contribution is 0.635. The van der Waals surface area contributed by atoms with Gasteiger partial charge < -0.3 is 5.73 Å². The Morgan fingerprint density at radius 1 is 1.29 bits per heavy atom. The minimum absolute atomic E-state index is 0. The first-order valence-corrected chi connectivity index (χ1v) is 9.03. The lowest BCUT2D eigenvalue weighted by Crippen LogP contribution is -2.33. The van der Waals surface area contributed by atoms with Crippen molar-refractivity contribution in [1.82, 2.24) is 0 Å². The maximum absolute atomic E-state index is 5.03. The lowest BCUT2D eigenvalue weighted by Gasteiger charge is -2.34. The molecule has 1 heterocycles. The van der Waals surface area contributed by atoms with Crippen LogP contribution in [0.1, 0.15) is 39.5 Å². The summed E-state index contributed by atoms with van der Waals surface area (Å²) in [5, 5.41) is 0. The van der Waals surface area contributed by atoms with E-state index in [1.54, 1.807) is 6.04 Å². The van der Waals surface area contributed by atoms with Gasteiger partial charge in [0.25, 0.3) is 0 Å². The van der Waals surface area contributed by atoms with Crippen molar-refractivity contribution in [3.05, 3.63) is 0 Å². The summed E-state index contributed by atoms with van der Waals surface area (Å²) in [4.78, 5) is 0. The SMILES string of the molecule is CC1CCCC[Si]1(C)C.CCCN.Cl. The Balaban J connectivity index is 0. The van der Waals surface area contributed by atoms with Crippen molar-refractivity contribution in [2.75, 3.05) is 6.54 Å². The molecule has 1 aliphatic rings. The monoisotopic (exact) mass is 237 g/mol. The molecular formula is C11H28ClNSi. The predicted molar refractivity (Wildman–Crippen MR) is 72.2 cm³/mol. The van der Waals surface area contributed by atoms with Gasteiger partial charge in [-0.3, -0.25) is 0 Å². The van der Waals surface area contributed by atoms with Gasteiger partial charge in [0.2, 0.25) is 0 Å². The van der Waals surface area contributed by atoms with Crippen LogP contribution >= 0.6 is 12.4 Å². The zero-order valence-electron chi connectivity index (χ0n) is 10.3. The van der Waals surface area contributed by atoms with E-state index in [9.17, 15) is 0 Å². The van der Waals surface area contributed by atoms with Crippen LogP contribution in [-0.2, 0) is 0 Å². The average Bonchev–Trinajstić information content (AvgIpc) is 2.11. The third kappa shape index (κ3) is 6.85. The van der Waals surface area contributed by atoms with Crippen molar-refractivity contribution >= 4 is 20.5 Å². The van der Waals surface area contributed by atoms with E-state index in [0.717, 1.165) is 18.5 Å². The highest BCUT2D eigenvalue weighted by Gasteiger charge is 2.30. The topological polar surface area (TPSA) is 26.0 Å². The highest BCUT2D eigenvalue weighted by atomic mass is 35.5. The highest BCUT2D eigenvalue weighted by Crippen LogP contribution is 2.36. The van der Waals surface area contributed by atoms with E-state index in [1.807, 2.05) is 0 Å². The fourth-order valence-corrected chi connectivity index (χ4v) is 4.31. The van der Waals surface area contributed by atoms with Crippen LogP contribution in [0.15, 0.2) is 0 Å².